The van der Waals surface area contributed by atoms with Crippen LogP contribution in [0.3, 0.4) is 0 Å². The SMILES string of the molecule is Cc1nnc2sc(-c3cc(N)ccc3Cl)nn12.Cl. The third-order valence-electron chi connectivity index (χ3n) is 2.37. The molecule has 0 fully saturated rings. The minimum absolute atomic E-state index is 0. The van der Waals surface area contributed by atoms with Crippen molar-refractivity contribution in [1.29, 1.82) is 0 Å². The van der Waals surface area contributed by atoms with Crippen LogP contribution >= 0.6 is 35.3 Å². The average Bonchev–Trinajstić information content (AvgIpc) is 2.85. The van der Waals surface area contributed by atoms with Crippen molar-refractivity contribution in [3.05, 3.63) is 29.0 Å². The van der Waals surface area contributed by atoms with E-state index >= 15 is 0 Å². The lowest BCUT2D eigenvalue weighted by molar-refractivity contribution is 0.898. The number of hydrogen-bond acceptors (Lipinski definition) is 5. The number of nitrogen functional groups attached to an aromatic ring is 1. The Morgan fingerprint density at radius 3 is 2.83 bits per heavy atom. The molecule has 0 atom stereocenters. The molecule has 3 rings (SSSR count). The zero-order chi connectivity index (χ0) is 12.0. The van der Waals surface area contributed by atoms with Gasteiger partial charge in [0.2, 0.25) is 4.96 Å². The molecule has 2 N–H and O–H groups in total. The normalized spacial score (nSPS) is 10.6. The van der Waals surface area contributed by atoms with E-state index in [4.69, 9.17) is 17.3 Å². The van der Waals surface area contributed by atoms with Crippen molar-refractivity contribution < 1.29 is 0 Å². The molecule has 0 aliphatic heterocycles. The highest BCUT2D eigenvalue weighted by Crippen LogP contribution is 2.32. The summed E-state index contributed by atoms with van der Waals surface area (Å²) in [5.41, 5.74) is 7.23. The molecule has 5 nitrogen and oxygen atoms in total. The third-order valence-corrected chi connectivity index (χ3v) is 3.63. The lowest BCUT2D eigenvalue weighted by Crippen LogP contribution is -1.90. The zero-order valence-electron chi connectivity index (χ0n) is 9.29. The van der Waals surface area contributed by atoms with Crippen molar-refractivity contribution in [2.24, 2.45) is 0 Å². The van der Waals surface area contributed by atoms with Gasteiger partial charge in [0, 0.05) is 11.3 Å². The number of aromatic nitrogens is 4. The summed E-state index contributed by atoms with van der Waals surface area (Å²) in [5.74, 6) is 0.752. The molecule has 94 valence electrons. The number of hydrogen-bond donors (Lipinski definition) is 1. The first kappa shape index (κ1) is 13.1. The highest BCUT2D eigenvalue weighted by molar-refractivity contribution is 7.19. The standard InChI is InChI=1S/C10H8ClN5S.ClH/c1-5-13-14-10-16(5)15-9(17-10)7-4-6(12)2-3-8(7)11;/h2-4H,12H2,1H3;1H. The van der Waals surface area contributed by atoms with E-state index in [1.807, 2.05) is 13.0 Å². The number of nitrogens with two attached hydrogens (primary N) is 1. The van der Waals surface area contributed by atoms with E-state index in [1.54, 1.807) is 16.6 Å². The summed E-state index contributed by atoms with van der Waals surface area (Å²) < 4.78 is 1.69. The number of nitrogens with zero attached hydrogens (tertiary/aromatic N) is 4. The molecule has 2 aromatic heterocycles. The number of benzene rings is 1. The molecule has 0 aliphatic carbocycles. The van der Waals surface area contributed by atoms with E-state index in [0.717, 1.165) is 21.4 Å². The van der Waals surface area contributed by atoms with Crippen LogP contribution in [0.2, 0.25) is 5.02 Å². The van der Waals surface area contributed by atoms with Crippen molar-refractivity contribution in [2.45, 2.75) is 6.92 Å². The van der Waals surface area contributed by atoms with Crippen LogP contribution in [0.15, 0.2) is 18.2 Å². The van der Waals surface area contributed by atoms with E-state index in [9.17, 15) is 0 Å². The Balaban J connectivity index is 0.00000120. The van der Waals surface area contributed by atoms with Crippen LogP contribution in [-0.2, 0) is 0 Å². The Bertz CT molecular complexity index is 705. The monoisotopic (exact) mass is 301 g/mol. The van der Waals surface area contributed by atoms with Crippen molar-refractivity contribution in [1.82, 2.24) is 19.8 Å². The first-order valence-electron chi connectivity index (χ1n) is 4.89. The van der Waals surface area contributed by atoms with E-state index in [1.165, 1.54) is 11.3 Å². The van der Waals surface area contributed by atoms with Gasteiger partial charge in [-0.25, -0.2) is 0 Å². The van der Waals surface area contributed by atoms with Gasteiger partial charge in [-0.1, -0.05) is 22.9 Å². The van der Waals surface area contributed by atoms with Crippen LogP contribution in [0.25, 0.3) is 15.5 Å². The van der Waals surface area contributed by atoms with Crippen molar-refractivity contribution in [3.63, 3.8) is 0 Å². The minimum Gasteiger partial charge on any atom is -0.399 e. The molecular weight excluding hydrogens is 293 g/mol. The Hall–Kier alpha value is -1.37. The van der Waals surface area contributed by atoms with Gasteiger partial charge in [0.15, 0.2) is 5.82 Å². The van der Waals surface area contributed by atoms with Gasteiger partial charge in [-0.05, 0) is 25.1 Å². The summed E-state index contributed by atoms with van der Waals surface area (Å²) in [7, 11) is 0. The topological polar surface area (TPSA) is 69.1 Å². The van der Waals surface area contributed by atoms with Crippen molar-refractivity contribution in [3.8, 4) is 10.6 Å². The fraction of sp³-hybridized carbons (Fsp3) is 0.100. The summed E-state index contributed by atoms with van der Waals surface area (Å²) in [6.07, 6.45) is 0. The van der Waals surface area contributed by atoms with Crippen LogP contribution < -0.4 is 5.73 Å². The second-order valence-corrected chi connectivity index (χ2v) is 4.95. The van der Waals surface area contributed by atoms with E-state index in [-0.39, 0.29) is 12.4 Å². The largest absolute Gasteiger partial charge is 0.399 e. The summed E-state index contributed by atoms with van der Waals surface area (Å²) >= 11 is 7.56. The molecule has 0 saturated heterocycles. The molecule has 0 unspecified atom stereocenters. The molecule has 0 radical (unpaired) electrons. The number of halogens is 2. The first-order chi connectivity index (χ1) is 8.15. The number of anilines is 1. The molecule has 0 amide bonds. The number of aryl methyl sites for hydroxylation is 1. The molecule has 8 heteroatoms. The van der Waals surface area contributed by atoms with Crippen LogP contribution in [0.5, 0.6) is 0 Å². The smallest absolute Gasteiger partial charge is 0.234 e. The second-order valence-electron chi connectivity index (χ2n) is 3.59. The summed E-state index contributed by atoms with van der Waals surface area (Å²) in [4.78, 5) is 0.746. The maximum atomic E-state index is 6.13. The fourth-order valence-electron chi connectivity index (χ4n) is 1.53. The number of rotatable bonds is 1. The zero-order valence-corrected chi connectivity index (χ0v) is 11.7. The Kier molecular flexibility index (Phi) is 3.43. The molecule has 18 heavy (non-hydrogen) atoms. The van der Waals surface area contributed by atoms with E-state index in [0.29, 0.717) is 10.7 Å². The molecule has 0 spiro atoms. The molecule has 3 aromatic rings. The van der Waals surface area contributed by atoms with E-state index in [2.05, 4.69) is 15.3 Å². The summed E-state index contributed by atoms with van der Waals surface area (Å²) in [5, 5.41) is 13.8. The van der Waals surface area contributed by atoms with Gasteiger partial charge in [0.25, 0.3) is 0 Å². The van der Waals surface area contributed by atoms with Gasteiger partial charge in [-0.2, -0.15) is 9.61 Å². The number of fused-ring (bicyclic) bond motifs is 1. The molecular formula is C10H9Cl2N5S. The van der Waals surface area contributed by atoms with Crippen LogP contribution in [0.4, 0.5) is 5.69 Å². The lowest BCUT2D eigenvalue weighted by atomic mass is 10.2. The predicted molar refractivity (Wildman–Crippen MR) is 75.5 cm³/mol. The third kappa shape index (κ3) is 2.03. The van der Waals surface area contributed by atoms with E-state index < -0.39 is 0 Å². The maximum Gasteiger partial charge on any atom is 0.234 e. The Morgan fingerprint density at radius 2 is 2.11 bits per heavy atom. The van der Waals surface area contributed by atoms with Gasteiger partial charge < -0.3 is 5.73 Å². The van der Waals surface area contributed by atoms with Gasteiger partial charge in [-0.15, -0.1) is 22.6 Å². The van der Waals surface area contributed by atoms with Crippen LogP contribution in [0, 0.1) is 6.92 Å². The fourth-order valence-corrected chi connectivity index (χ4v) is 2.71. The maximum absolute atomic E-state index is 6.13. The van der Waals surface area contributed by atoms with Gasteiger partial charge in [0.1, 0.15) is 5.01 Å². The Morgan fingerprint density at radius 1 is 1.33 bits per heavy atom. The van der Waals surface area contributed by atoms with Crippen molar-refractivity contribution in [2.75, 3.05) is 5.73 Å². The Labute approximate surface area is 118 Å². The summed E-state index contributed by atoms with van der Waals surface area (Å²) in [6.45, 7) is 1.85. The first-order valence-corrected chi connectivity index (χ1v) is 6.09. The molecule has 1 aromatic carbocycles. The van der Waals surface area contributed by atoms with Crippen LogP contribution in [-0.4, -0.2) is 19.8 Å². The van der Waals surface area contributed by atoms with Gasteiger partial charge in [-0.3, -0.25) is 0 Å². The van der Waals surface area contributed by atoms with Gasteiger partial charge >= 0.3 is 0 Å². The highest BCUT2D eigenvalue weighted by atomic mass is 35.5. The quantitative estimate of drug-likeness (QED) is 0.702. The summed E-state index contributed by atoms with van der Waals surface area (Å²) in [6, 6.07) is 5.34. The second kappa shape index (κ2) is 4.72. The minimum atomic E-state index is 0. The lowest BCUT2D eigenvalue weighted by Gasteiger charge is -2.00. The van der Waals surface area contributed by atoms with Crippen molar-refractivity contribution >= 4 is 46.0 Å². The van der Waals surface area contributed by atoms with Gasteiger partial charge in [0.05, 0.1) is 5.02 Å². The average molecular weight is 302 g/mol. The molecule has 2 heterocycles. The molecule has 0 bridgehead atoms. The molecule has 0 saturated carbocycles. The van der Waals surface area contributed by atoms with Crippen LogP contribution in [0.1, 0.15) is 5.82 Å². The molecule has 0 aliphatic rings. The highest BCUT2D eigenvalue weighted by Gasteiger charge is 2.13. The predicted octanol–water partition coefficient (Wildman–Crippen LogP) is 2.82.